The predicted octanol–water partition coefficient (Wildman–Crippen LogP) is 11.3. The van der Waals surface area contributed by atoms with E-state index in [4.69, 9.17) is 28.4 Å². The fourth-order valence-electron chi connectivity index (χ4n) is 12.6. The van der Waals surface area contributed by atoms with Gasteiger partial charge in [-0.2, -0.15) is 0 Å². The summed E-state index contributed by atoms with van der Waals surface area (Å²) in [5, 5.41) is 0. The number of carbonyl (C=O) groups excluding carboxylic acids is 2. The summed E-state index contributed by atoms with van der Waals surface area (Å²) in [6, 6.07) is 0. The Bertz CT molecular complexity index is 1440. The maximum absolute atomic E-state index is 14.3. The van der Waals surface area contributed by atoms with Crippen LogP contribution >= 0.6 is 0 Å². The Morgan fingerprint density at radius 2 is 0.790 bits per heavy atom. The van der Waals surface area contributed by atoms with E-state index in [0.717, 1.165) is 75.0 Å². The second-order valence-electron chi connectivity index (χ2n) is 20.3. The van der Waals surface area contributed by atoms with E-state index < -0.39 is 24.0 Å². The summed E-state index contributed by atoms with van der Waals surface area (Å²) >= 11 is 0. The number of rotatable bonds is 16. The van der Waals surface area contributed by atoms with E-state index in [1.807, 2.05) is 0 Å². The lowest BCUT2D eigenvalue weighted by Gasteiger charge is -2.38. The Morgan fingerprint density at radius 1 is 0.419 bits per heavy atom. The van der Waals surface area contributed by atoms with Crippen molar-refractivity contribution in [1.82, 2.24) is 0 Å². The van der Waals surface area contributed by atoms with E-state index >= 15 is 0 Å². The van der Waals surface area contributed by atoms with Crippen LogP contribution in [0.1, 0.15) is 167 Å². The Hall–Kier alpha value is -2.94. The SMILES string of the molecule is C=COCCCOC1CCC(C#CC2CCC3CCCCC3C2)CC1C(=O)OC1CCCCC1OC(=O)C1CC(C#CC2CCC3CCCCC3C2)CCC1OCCCOC=C. The lowest BCUT2D eigenvalue weighted by Crippen LogP contribution is -2.45. The van der Waals surface area contributed by atoms with E-state index in [1.54, 1.807) is 0 Å². The van der Waals surface area contributed by atoms with Crippen molar-refractivity contribution in [3.63, 3.8) is 0 Å². The molecular weight excluding hydrogens is 777 g/mol. The Morgan fingerprint density at radius 3 is 1.21 bits per heavy atom. The number of esters is 2. The minimum atomic E-state index is -0.483. The second-order valence-corrected chi connectivity index (χ2v) is 20.3. The molecule has 0 amide bonds. The van der Waals surface area contributed by atoms with Gasteiger partial charge in [0.15, 0.2) is 0 Å². The minimum Gasteiger partial charge on any atom is -0.502 e. The highest BCUT2D eigenvalue weighted by molar-refractivity contribution is 5.75. The van der Waals surface area contributed by atoms with Crippen LogP contribution in [0.15, 0.2) is 25.7 Å². The number of ether oxygens (including phenoxy) is 6. The van der Waals surface area contributed by atoms with Gasteiger partial charge >= 0.3 is 11.9 Å². The molecule has 14 atom stereocenters. The molecule has 344 valence electrons. The van der Waals surface area contributed by atoms with Gasteiger partial charge in [-0.1, -0.05) is 88.2 Å². The second kappa shape index (κ2) is 24.9. The average Bonchev–Trinajstić information content (AvgIpc) is 3.31. The molecule has 0 heterocycles. The van der Waals surface area contributed by atoms with Gasteiger partial charge < -0.3 is 28.4 Å². The molecule has 0 radical (unpaired) electrons. The topological polar surface area (TPSA) is 89.5 Å². The Labute approximate surface area is 375 Å². The fraction of sp³-hybridized carbons (Fsp3) is 0.815. The molecule has 62 heavy (non-hydrogen) atoms. The van der Waals surface area contributed by atoms with Crippen LogP contribution < -0.4 is 0 Å². The quantitative estimate of drug-likeness (QED) is 0.0656. The van der Waals surface area contributed by atoms with E-state index in [2.05, 4.69) is 36.8 Å². The Kier molecular flexibility index (Phi) is 18.9. The van der Waals surface area contributed by atoms with Gasteiger partial charge in [0.25, 0.3) is 0 Å². The maximum atomic E-state index is 14.3. The zero-order valence-electron chi connectivity index (χ0n) is 38.1. The minimum absolute atomic E-state index is 0.144. The fourth-order valence-corrected chi connectivity index (χ4v) is 12.6. The van der Waals surface area contributed by atoms with Crippen LogP contribution in [0, 0.1) is 82.9 Å². The molecule has 0 aliphatic heterocycles. The predicted molar refractivity (Wildman–Crippen MR) is 242 cm³/mol. The smallest absolute Gasteiger partial charge is 0.312 e. The van der Waals surface area contributed by atoms with Crippen LogP contribution in [0.2, 0.25) is 0 Å². The summed E-state index contributed by atoms with van der Waals surface area (Å²) in [5.74, 6) is 18.2. The van der Waals surface area contributed by atoms with Crippen molar-refractivity contribution in [2.24, 2.45) is 59.2 Å². The molecule has 7 aliphatic rings. The van der Waals surface area contributed by atoms with Gasteiger partial charge in [-0.3, -0.25) is 9.59 Å². The summed E-state index contributed by atoms with van der Waals surface area (Å²) in [5.41, 5.74) is 0. The van der Waals surface area contributed by atoms with Crippen molar-refractivity contribution >= 4 is 11.9 Å². The molecule has 7 fully saturated rings. The van der Waals surface area contributed by atoms with Crippen LogP contribution in [-0.4, -0.2) is 62.8 Å². The third kappa shape index (κ3) is 13.8. The zero-order chi connectivity index (χ0) is 42.9. The first kappa shape index (κ1) is 47.0. The van der Waals surface area contributed by atoms with Gasteiger partial charge in [0.1, 0.15) is 12.2 Å². The van der Waals surface area contributed by atoms with Gasteiger partial charge in [-0.05, 0) is 126 Å². The van der Waals surface area contributed by atoms with Crippen LogP contribution in [0.3, 0.4) is 0 Å². The first-order valence-corrected chi connectivity index (χ1v) is 25.6. The van der Waals surface area contributed by atoms with Crippen molar-refractivity contribution < 1.29 is 38.0 Å². The molecule has 0 aromatic carbocycles. The highest BCUT2D eigenvalue weighted by Crippen LogP contribution is 2.44. The molecule has 7 aliphatic carbocycles. The molecule has 14 unspecified atom stereocenters. The van der Waals surface area contributed by atoms with Crippen LogP contribution in [0.25, 0.3) is 0 Å². The van der Waals surface area contributed by atoms with E-state index in [9.17, 15) is 9.59 Å². The number of hydrogen-bond donors (Lipinski definition) is 0. The van der Waals surface area contributed by atoms with Crippen molar-refractivity contribution in [2.75, 3.05) is 26.4 Å². The molecule has 0 N–H and O–H groups in total. The standard InChI is InChI=1S/C54H80O8/c1-3-57-31-11-33-59-49-29-25-41(21-19-39-23-27-43-13-5-7-15-45(43)35-39)37-47(49)53(55)61-51-17-9-10-18-52(51)62-54(56)48-38-42(26-30-50(48)60-34-12-32-58-4-2)22-20-40-24-28-44-14-6-8-16-46(44)36-40/h3-4,39-52H,1-2,5-18,23-38H2. The average molecular weight is 857 g/mol. The van der Waals surface area contributed by atoms with Crippen molar-refractivity contribution in [3.05, 3.63) is 25.7 Å². The summed E-state index contributed by atoms with van der Waals surface area (Å²) in [7, 11) is 0. The van der Waals surface area contributed by atoms with Crippen molar-refractivity contribution in [2.45, 2.75) is 191 Å². The number of fused-ring (bicyclic) bond motifs is 2. The molecule has 0 bridgehead atoms. The molecular formula is C54H80O8. The molecule has 7 saturated carbocycles. The highest BCUT2D eigenvalue weighted by Gasteiger charge is 2.43. The highest BCUT2D eigenvalue weighted by atomic mass is 16.6. The van der Waals surface area contributed by atoms with Gasteiger partial charge in [-0.25, -0.2) is 0 Å². The Balaban J connectivity index is 0.978. The van der Waals surface area contributed by atoms with E-state index in [-0.39, 0.29) is 36.0 Å². The van der Waals surface area contributed by atoms with Crippen molar-refractivity contribution in [3.8, 4) is 23.7 Å². The van der Waals surface area contributed by atoms with Gasteiger partial charge in [0.05, 0.1) is 63.0 Å². The molecule has 0 saturated heterocycles. The van der Waals surface area contributed by atoms with E-state index in [1.165, 1.54) is 102 Å². The monoisotopic (exact) mass is 857 g/mol. The van der Waals surface area contributed by atoms with Crippen LogP contribution in [-0.2, 0) is 38.0 Å². The van der Waals surface area contributed by atoms with Crippen molar-refractivity contribution in [1.29, 1.82) is 0 Å². The molecule has 8 heteroatoms. The third-order valence-electron chi connectivity index (χ3n) is 16.1. The first-order chi connectivity index (χ1) is 30.5. The van der Waals surface area contributed by atoms with Gasteiger partial charge in [0, 0.05) is 36.5 Å². The van der Waals surface area contributed by atoms with Crippen LogP contribution in [0.5, 0.6) is 0 Å². The van der Waals surface area contributed by atoms with Gasteiger partial charge in [-0.15, -0.1) is 0 Å². The molecule has 7 rings (SSSR count). The summed E-state index contributed by atoms with van der Waals surface area (Å²) in [6.45, 7) is 9.36. The summed E-state index contributed by atoms with van der Waals surface area (Å²) < 4.78 is 36.3. The van der Waals surface area contributed by atoms with Gasteiger partial charge in [0.2, 0.25) is 0 Å². The lowest BCUT2D eigenvalue weighted by atomic mass is 9.67. The molecule has 0 aromatic rings. The zero-order valence-corrected chi connectivity index (χ0v) is 38.1. The lowest BCUT2D eigenvalue weighted by molar-refractivity contribution is -0.185. The largest absolute Gasteiger partial charge is 0.502 e. The van der Waals surface area contributed by atoms with Crippen LogP contribution in [0.4, 0.5) is 0 Å². The summed E-state index contributed by atoms with van der Waals surface area (Å²) in [6.07, 6.45) is 29.4. The number of hydrogen-bond acceptors (Lipinski definition) is 8. The third-order valence-corrected chi connectivity index (χ3v) is 16.1. The molecule has 8 nitrogen and oxygen atoms in total. The molecule has 0 aromatic heterocycles. The first-order valence-electron chi connectivity index (χ1n) is 25.6. The van der Waals surface area contributed by atoms with E-state index in [0.29, 0.717) is 63.9 Å². The maximum Gasteiger partial charge on any atom is 0.312 e. The number of carbonyl (C=O) groups is 2. The summed E-state index contributed by atoms with van der Waals surface area (Å²) in [4.78, 5) is 28.7. The normalized spacial score (nSPS) is 37.0. The molecule has 0 spiro atoms.